The lowest BCUT2D eigenvalue weighted by Crippen LogP contribution is -2.61. The van der Waals surface area contributed by atoms with Crippen molar-refractivity contribution in [2.75, 3.05) is 44.4 Å². The number of carbonyl (C=O) groups excluding carboxylic acids is 11. The van der Waals surface area contributed by atoms with E-state index in [1.807, 2.05) is 6.07 Å². The average molecular weight is 1430 g/mol. The molecule has 0 spiro atoms. The molecule has 11 amide bonds. The van der Waals surface area contributed by atoms with Gasteiger partial charge in [-0.25, -0.2) is 0 Å². The number of nitrogens with two attached hydrogens (primary N) is 3. The van der Waals surface area contributed by atoms with Crippen LogP contribution in [0.5, 0.6) is 11.5 Å². The first kappa shape index (κ1) is 80.2. The summed E-state index contributed by atoms with van der Waals surface area (Å²) < 4.78 is 6.25. The number of aliphatic imine (C=N–C) groups is 1. The van der Waals surface area contributed by atoms with Crippen molar-refractivity contribution in [2.24, 2.45) is 33.3 Å². The first-order valence-corrected chi connectivity index (χ1v) is 34.7. The van der Waals surface area contributed by atoms with E-state index in [4.69, 9.17) is 26.8 Å². The fourth-order valence-corrected chi connectivity index (χ4v) is 12.5. The molecule has 4 bridgehead atoms. The SMILES string of the molecule is CC[C@@H](C)[C@@H]1NC(=O)[C@H](Cc2ccc(O)cc2)NC(=O)[C@H](CCCN=C(N)N)NC(=O)[C@H](CCC(=O)O)NC(=O)[C@H](C)NC(=O)[C@H](CC(=O)O)NC(=O)[C@@H]2CCCN2C(=O)[C@@H]2CSCc3cc(cc(c3)OCCCCCCO/N=C/C(=O)N[C@@H](CO)C(=O)N2)CSC[C@@H](C(N)=O)NC1=O. The van der Waals surface area contributed by atoms with Gasteiger partial charge in [0, 0.05) is 48.9 Å². The molecule has 99 heavy (non-hydrogen) atoms. The number of guanidine groups is 1. The van der Waals surface area contributed by atoms with E-state index in [1.54, 1.807) is 26.0 Å². The fourth-order valence-electron chi connectivity index (χ4n) is 10.5. The summed E-state index contributed by atoms with van der Waals surface area (Å²) in [6.07, 6.45) is 0.986. The second-order valence-electron chi connectivity index (χ2n) is 24.0. The van der Waals surface area contributed by atoms with Gasteiger partial charge < -0.3 is 100.0 Å². The van der Waals surface area contributed by atoms with Gasteiger partial charge in [-0.1, -0.05) is 43.6 Å². The molecule has 0 radical (unpaired) electrons. The van der Waals surface area contributed by atoms with E-state index >= 15 is 0 Å². The van der Waals surface area contributed by atoms with Crippen molar-refractivity contribution in [3.63, 3.8) is 0 Å². The summed E-state index contributed by atoms with van der Waals surface area (Å²) in [6.45, 7) is 3.89. The Kier molecular flexibility index (Phi) is 33.3. The number of oxime groups is 1. The zero-order valence-electron chi connectivity index (χ0n) is 55.3. The number of hydrogen-bond acceptors (Lipinski definition) is 21. The Morgan fingerprint density at radius 1 is 0.677 bits per heavy atom. The lowest BCUT2D eigenvalue weighted by molar-refractivity contribution is -0.144. The van der Waals surface area contributed by atoms with Gasteiger partial charge >= 0.3 is 11.9 Å². The number of primary amides is 1. The number of amides is 11. The first-order valence-electron chi connectivity index (χ1n) is 32.4. The minimum Gasteiger partial charge on any atom is -0.508 e. The van der Waals surface area contributed by atoms with Crippen LogP contribution >= 0.6 is 23.5 Å². The van der Waals surface area contributed by atoms with Crippen LogP contribution in [0, 0.1) is 5.92 Å². The highest BCUT2D eigenvalue weighted by Gasteiger charge is 2.41. The fraction of sp³-hybridized carbons (Fsp3) is 0.571. The van der Waals surface area contributed by atoms with E-state index in [2.05, 4.69) is 58.0 Å². The summed E-state index contributed by atoms with van der Waals surface area (Å²) in [6, 6.07) is -4.64. The van der Waals surface area contributed by atoms with Crippen LogP contribution in [0.15, 0.2) is 52.6 Å². The van der Waals surface area contributed by atoms with Gasteiger partial charge in [-0.05, 0) is 112 Å². The number of thioether (sulfide) groups is 2. The Balaban J connectivity index is 1.60. The number of aliphatic carboxylic acids is 2. The summed E-state index contributed by atoms with van der Waals surface area (Å²) >= 11 is 2.38. The zero-order chi connectivity index (χ0) is 72.7. The maximum Gasteiger partial charge on any atom is 0.305 e. The van der Waals surface area contributed by atoms with Crippen molar-refractivity contribution < 1.29 is 92.3 Å². The Morgan fingerprint density at radius 3 is 1.92 bits per heavy atom. The topological polar surface area (TPSA) is 536 Å². The predicted octanol–water partition coefficient (Wildman–Crippen LogP) is -2.64. The molecule has 1 fully saturated rings. The van der Waals surface area contributed by atoms with E-state index in [0.29, 0.717) is 48.3 Å². The lowest BCUT2D eigenvalue weighted by Gasteiger charge is -2.30. The molecule has 0 saturated carbocycles. The van der Waals surface area contributed by atoms with E-state index in [1.165, 1.54) is 36.0 Å². The quantitative estimate of drug-likeness (QED) is 0.0492. The normalized spacial score (nSPS) is 25.4. The van der Waals surface area contributed by atoms with Gasteiger partial charge in [0.15, 0.2) is 5.96 Å². The summed E-state index contributed by atoms with van der Waals surface area (Å²) in [5.74, 6) is -14.4. The number of hydrogen-bond donors (Lipinski definition) is 16. The van der Waals surface area contributed by atoms with Gasteiger partial charge in [0.2, 0.25) is 59.1 Å². The Hall–Kier alpha value is -9.45. The van der Waals surface area contributed by atoms with Crippen molar-refractivity contribution in [1.82, 2.24) is 52.8 Å². The van der Waals surface area contributed by atoms with Crippen LogP contribution in [0.2, 0.25) is 0 Å². The van der Waals surface area contributed by atoms with Crippen molar-refractivity contribution >= 4 is 113 Å². The number of aromatic hydroxyl groups is 1. The largest absolute Gasteiger partial charge is 0.508 e. The smallest absolute Gasteiger partial charge is 0.305 e. The highest BCUT2D eigenvalue weighted by molar-refractivity contribution is 7.98. The summed E-state index contributed by atoms with van der Waals surface area (Å²) in [4.78, 5) is 190. The standard InChI is InChI=1S/C63H91N15O19S2/c1-4-34(2)52-61(94)75-46(53(64)86)32-98-30-37-23-38-25-40(24-37)96-21-7-5-6-8-22-97-68-28-49(81)70-45(29-79)59(92)76-47(33-99-31-38)62(95)78-20-10-12-48(78)60(93)74-44(27-51(84)85)57(90)69-35(3)54(87)71-42(17-18-50(82)83)56(89)72-41(11-9-19-67-63(65)66)55(88)73-43(58(91)77-52)26-36-13-15-39(80)16-14-36/h13-16,23-25,28,34-35,41-48,52,79-80H,4-12,17-22,26-27,29-33H2,1-3H3,(H2,64,86)(H,69,90)(H,70,81)(H,71,87)(H,72,89)(H,73,88)(H,74,93)(H,75,94)(H,76,92)(H,77,91)(H,82,83)(H,84,85)(H4,65,66,67)/b68-28+/t34-,35+,41+,42+,43+,44+,45+,46+,47+,48+,52+/m1/s1. The van der Waals surface area contributed by atoms with Crippen LogP contribution < -0.4 is 69.8 Å². The Bertz CT molecular complexity index is 3230. The second kappa shape index (κ2) is 41.1. The van der Waals surface area contributed by atoms with Crippen LogP contribution in [0.4, 0.5) is 0 Å². The molecule has 19 N–H and O–H groups in total. The third-order valence-electron chi connectivity index (χ3n) is 16.1. The molecular formula is C63H91N15O19S2. The van der Waals surface area contributed by atoms with Gasteiger partial charge in [0.1, 0.15) is 84.7 Å². The number of carboxylic acids is 2. The summed E-state index contributed by atoms with van der Waals surface area (Å²) in [5.41, 5.74) is 18.8. The molecular weight excluding hydrogens is 1330 g/mol. The molecule has 3 aliphatic rings. The number of phenolic OH excluding ortho intramolecular Hbond substituents is 1. The molecule has 3 heterocycles. The third-order valence-corrected chi connectivity index (χ3v) is 18.3. The maximum atomic E-state index is 14.8. The van der Waals surface area contributed by atoms with Crippen molar-refractivity contribution in [3.05, 3.63) is 59.2 Å². The van der Waals surface area contributed by atoms with Crippen LogP contribution in [0.3, 0.4) is 0 Å². The molecule has 1 saturated heterocycles. The molecule has 36 heteroatoms. The number of aliphatic hydroxyl groups excluding tert-OH is 1. The van der Waals surface area contributed by atoms with Crippen molar-refractivity contribution in [1.29, 1.82) is 0 Å². The average Bonchev–Trinajstić information content (AvgIpc) is 1.77. The van der Waals surface area contributed by atoms with Gasteiger partial charge in [0.25, 0.3) is 5.91 Å². The Morgan fingerprint density at radius 2 is 1.28 bits per heavy atom. The molecule has 11 atom stereocenters. The number of phenols is 1. The zero-order valence-corrected chi connectivity index (χ0v) is 57.0. The van der Waals surface area contributed by atoms with Crippen LogP contribution in [-0.2, 0) is 85.1 Å². The minimum atomic E-state index is -1.92. The molecule has 34 nitrogen and oxygen atoms in total. The van der Waals surface area contributed by atoms with E-state index in [0.717, 1.165) is 42.6 Å². The van der Waals surface area contributed by atoms with Crippen LogP contribution in [-0.4, -0.2) is 219 Å². The summed E-state index contributed by atoms with van der Waals surface area (Å²) in [7, 11) is 0. The van der Waals surface area contributed by atoms with E-state index in [-0.39, 0.29) is 86.5 Å². The van der Waals surface area contributed by atoms with E-state index < -0.39 is 169 Å². The summed E-state index contributed by atoms with van der Waals surface area (Å²) in [5, 5.41) is 66.3. The van der Waals surface area contributed by atoms with Crippen LogP contribution in [0.25, 0.3) is 0 Å². The monoisotopic (exact) mass is 1430 g/mol. The van der Waals surface area contributed by atoms with Crippen LogP contribution in [0.1, 0.15) is 115 Å². The molecule has 0 aliphatic carbocycles. The predicted molar refractivity (Wildman–Crippen MR) is 362 cm³/mol. The first-order chi connectivity index (χ1) is 47.2. The van der Waals surface area contributed by atoms with Gasteiger partial charge in [-0.15, -0.1) is 0 Å². The number of carbonyl (C=O) groups is 13. The number of benzene rings is 2. The van der Waals surface area contributed by atoms with Crippen molar-refractivity contribution in [3.8, 4) is 11.5 Å². The molecule has 2 aromatic rings. The van der Waals surface area contributed by atoms with Gasteiger partial charge in [0.05, 0.1) is 19.6 Å². The number of aliphatic hydroxyl groups is 1. The van der Waals surface area contributed by atoms with Crippen molar-refractivity contribution in [2.45, 2.75) is 176 Å². The molecule has 0 unspecified atom stereocenters. The van der Waals surface area contributed by atoms with Gasteiger partial charge in [-0.3, -0.25) is 67.3 Å². The highest BCUT2D eigenvalue weighted by Crippen LogP contribution is 2.27. The Labute approximate surface area is 579 Å². The molecule has 3 aliphatic heterocycles. The molecule has 2 aromatic carbocycles. The minimum absolute atomic E-state index is 0.000254. The maximum absolute atomic E-state index is 14.8. The number of carboxylic acid groups (broad SMARTS) is 2. The number of ether oxygens (including phenoxy) is 1. The third kappa shape index (κ3) is 27.4. The number of nitrogens with zero attached hydrogens (tertiary/aromatic N) is 3. The molecule has 5 rings (SSSR count). The number of nitrogens with one attached hydrogen (secondary N) is 9. The molecule has 544 valence electrons. The lowest BCUT2D eigenvalue weighted by atomic mass is 9.96. The van der Waals surface area contributed by atoms with Gasteiger partial charge in [-0.2, -0.15) is 23.5 Å². The highest BCUT2D eigenvalue weighted by atomic mass is 32.2. The second-order valence-corrected chi connectivity index (χ2v) is 26.1. The van der Waals surface area contributed by atoms with E-state index in [9.17, 15) is 82.8 Å². The molecule has 0 aromatic heterocycles. The number of fused-ring (bicyclic) bond motifs is 6. The number of rotatable bonds is 15.